The Balaban J connectivity index is 1.74. The molecule has 3 aromatic rings. The topological polar surface area (TPSA) is 77.8 Å². The summed E-state index contributed by atoms with van der Waals surface area (Å²) in [6.07, 6.45) is 1.39. The molecule has 0 aliphatic rings. The molecule has 3 rings (SSSR count). The predicted octanol–water partition coefficient (Wildman–Crippen LogP) is 5.37. The van der Waals surface area contributed by atoms with Crippen LogP contribution in [0.3, 0.4) is 0 Å². The zero-order chi connectivity index (χ0) is 19.9. The van der Waals surface area contributed by atoms with Gasteiger partial charge in [0.25, 0.3) is 5.91 Å². The summed E-state index contributed by atoms with van der Waals surface area (Å²) in [6, 6.07) is 19.4. The number of carbonyl (C=O) groups is 1. The third kappa shape index (κ3) is 5.00. The van der Waals surface area contributed by atoms with Crippen LogP contribution in [-0.4, -0.2) is 10.9 Å². The minimum absolute atomic E-state index is 0.0231. The van der Waals surface area contributed by atoms with E-state index in [2.05, 4.69) is 15.6 Å². The van der Waals surface area contributed by atoms with Crippen molar-refractivity contribution in [1.82, 2.24) is 4.98 Å². The Morgan fingerprint density at radius 3 is 2.54 bits per heavy atom. The summed E-state index contributed by atoms with van der Waals surface area (Å²) in [5.41, 5.74) is 1.56. The second-order valence-electron chi connectivity index (χ2n) is 5.84. The molecule has 0 fully saturated rings. The number of anilines is 2. The normalized spacial score (nSPS) is 11.0. The van der Waals surface area contributed by atoms with Crippen LogP contribution in [0.5, 0.6) is 0 Å². The fourth-order valence-electron chi connectivity index (χ4n) is 2.28. The SMILES string of the molecule is Cc1nc(N/C=C(/C#N)C(=O)Nc2ccccc2Sc2ccccc2)sc1C. The van der Waals surface area contributed by atoms with Gasteiger partial charge in [-0.25, -0.2) is 4.98 Å². The van der Waals surface area contributed by atoms with E-state index in [0.29, 0.717) is 10.8 Å². The van der Waals surface area contributed by atoms with Gasteiger partial charge in [-0.3, -0.25) is 4.79 Å². The molecule has 0 radical (unpaired) electrons. The summed E-state index contributed by atoms with van der Waals surface area (Å²) >= 11 is 3.02. The van der Waals surface area contributed by atoms with E-state index in [-0.39, 0.29) is 5.57 Å². The lowest BCUT2D eigenvalue weighted by molar-refractivity contribution is -0.112. The van der Waals surface area contributed by atoms with Gasteiger partial charge in [0.05, 0.1) is 11.4 Å². The maximum atomic E-state index is 12.6. The van der Waals surface area contributed by atoms with Crippen LogP contribution >= 0.6 is 23.1 Å². The largest absolute Gasteiger partial charge is 0.337 e. The molecule has 0 aliphatic carbocycles. The third-order valence-electron chi connectivity index (χ3n) is 3.84. The van der Waals surface area contributed by atoms with Crippen LogP contribution in [0.25, 0.3) is 0 Å². The fourth-order valence-corrected chi connectivity index (χ4v) is 3.99. The Morgan fingerprint density at radius 2 is 1.86 bits per heavy atom. The lowest BCUT2D eigenvalue weighted by Crippen LogP contribution is -2.15. The van der Waals surface area contributed by atoms with E-state index in [4.69, 9.17) is 0 Å². The number of carbonyl (C=O) groups excluding carboxylic acids is 1. The first-order chi connectivity index (χ1) is 13.6. The number of thiazole rings is 1. The molecule has 140 valence electrons. The fraction of sp³-hybridized carbons (Fsp3) is 0.0952. The van der Waals surface area contributed by atoms with Crippen molar-refractivity contribution < 1.29 is 4.79 Å². The average Bonchev–Trinajstić information content (AvgIpc) is 3.02. The number of hydrogen-bond acceptors (Lipinski definition) is 6. The van der Waals surface area contributed by atoms with Crippen molar-refractivity contribution >= 4 is 39.8 Å². The minimum atomic E-state index is -0.471. The zero-order valence-corrected chi connectivity index (χ0v) is 17.0. The summed E-state index contributed by atoms with van der Waals surface area (Å²) in [5.74, 6) is -0.471. The monoisotopic (exact) mass is 406 g/mol. The average molecular weight is 407 g/mol. The van der Waals surface area contributed by atoms with Gasteiger partial charge in [0.2, 0.25) is 0 Å². The Kier molecular flexibility index (Phi) is 6.48. The number of aromatic nitrogens is 1. The van der Waals surface area contributed by atoms with E-state index >= 15 is 0 Å². The summed E-state index contributed by atoms with van der Waals surface area (Å²) in [5, 5.41) is 15.8. The maximum Gasteiger partial charge on any atom is 0.267 e. The predicted molar refractivity (Wildman–Crippen MR) is 115 cm³/mol. The molecule has 0 bridgehead atoms. The van der Waals surface area contributed by atoms with Crippen LogP contribution in [0.4, 0.5) is 10.8 Å². The minimum Gasteiger partial charge on any atom is -0.337 e. The first kappa shape index (κ1) is 19.7. The number of nitrogens with zero attached hydrogens (tertiary/aromatic N) is 2. The maximum absolute atomic E-state index is 12.6. The molecule has 1 aromatic heterocycles. The van der Waals surface area contributed by atoms with Gasteiger partial charge in [0.1, 0.15) is 11.6 Å². The third-order valence-corrected chi connectivity index (χ3v) is 5.93. The van der Waals surface area contributed by atoms with Crippen molar-refractivity contribution in [2.24, 2.45) is 0 Å². The van der Waals surface area contributed by atoms with Crippen molar-refractivity contribution in [2.45, 2.75) is 23.6 Å². The molecule has 7 heteroatoms. The van der Waals surface area contributed by atoms with E-state index in [9.17, 15) is 10.1 Å². The number of hydrogen-bond donors (Lipinski definition) is 2. The first-order valence-corrected chi connectivity index (χ1v) is 10.1. The van der Waals surface area contributed by atoms with Crippen molar-refractivity contribution in [3.63, 3.8) is 0 Å². The van der Waals surface area contributed by atoms with E-state index < -0.39 is 5.91 Å². The molecule has 1 heterocycles. The number of nitriles is 1. The number of aryl methyl sites for hydroxylation is 2. The van der Waals surface area contributed by atoms with Crippen molar-refractivity contribution in [2.75, 3.05) is 10.6 Å². The standard InChI is InChI=1S/C21H18N4OS2/c1-14-15(2)27-21(24-14)23-13-16(12-22)20(26)25-18-10-6-7-11-19(18)28-17-8-4-3-5-9-17/h3-11,13H,1-2H3,(H,23,24)(H,25,26)/b16-13-. The van der Waals surface area contributed by atoms with Gasteiger partial charge in [0.15, 0.2) is 5.13 Å². The number of amides is 1. The van der Waals surface area contributed by atoms with Crippen LogP contribution in [0.1, 0.15) is 10.6 Å². The van der Waals surface area contributed by atoms with Crippen molar-refractivity contribution in [3.05, 3.63) is 76.9 Å². The Bertz CT molecular complexity index is 1030. The van der Waals surface area contributed by atoms with Gasteiger partial charge in [-0.2, -0.15) is 5.26 Å². The van der Waals surface area contributed by atoms with Crippen molar-refractivity contribution in [1.29, 1.82) is 5.26 Å². The molecule has 2 N–H and O–H groups in total. The number of benzene rings is 2. The lowest BCUT2D eigenvalue weighted by Gasteiger charge is -2.10. The summed E-state index contributed by atoms with van der Waals surface area (Å²) in [4.78, 5) is 20.0. The quantitative estimate of drug-likeness (QED) is 0.425. The molecule has 28 heavy (non-hydrogen) atoms. The highest BCUT2D eigenvalue weighted by Gasteiger charge is 2.13. The summed E-state index contributed by atoms with van der Waals surface area (Å²) < 4.78 is 0. The number of nitrogens with one attached hydrogen (secondary N) is 2. The van der Waals surface area contributed by atoms with E-state index in [1.54, 1.807) is 11.8 Å². The number of rotatable bonds is 6. The van der Waals surface area contributed by atoms with E-state index in [1.165, 1.54) is 17.5 Å². The van der Waals surface area contributed by atoms with Gasteiger partial charge >= 0.3 is 0 Å². The highest BCUT2D eigenvalue weighted by atomic mass is 32.2. The van der Waals surface area contributed by atoms with Crippen LogP contribution in [0.2, 0.25) is 0 Å². The van der Waals surface area contributed by atoms with Gasteiger partial charge in [-0.15, -0.1) is 11.3 Å². The molecule has 5 nitrogen and oxygen atoms in total. The zero-order valence-electron chi connectivity index (χ0n) is 15.4. The second-order valence-corrected chi connectivity index (χ2v) is 8.16. The molecule has 0 saturated carbocycles. The van der Waals surface area contributed by atoms with Crippen LogP contribution in [-0.2, 0) is 4.79 Å². The van der Waals surface area contributed by atoms with E-state index in [0.717, 1.165) is 20.4 Å². The van der Waals surface area contributed by atoms with Gasteiger partial charge in [-0.1, -0.05) is 42.1 Å². The van der Waals surface area contributed by atoms with Crippen LogP contribution < -0.4 is 10.6 Å². The smallest absolute Gasteiger partial charge is 0.267 e. The molecule has 0 atom stereocenters. The number of para-hydroxylation sites is 1. The molecule has 0 aliphatic heterocycles. The molecular formula is C21H18N4OS2. The molecule has 0 unspecified atom stereocenters. The molecular weight excluding hydrogens is 388 g/mol. The lowest BCUT2D eigenvalue weighted by atomic mass is 10.2. The first-order valence-electron chi connectivity index (χ1n) is 8.51. The van der Waals surface area contributed by atoms with Crippen molar-refractivity contribution in [3.8, 4) is 6.07 Å². The molecule has 0 spiro atoms. The van der Waals surface area contributed by atoms with Gasteiger partial charge in [-0.05, 0) is 38.1 Å². The Hall–Kier alpha value is -3.08. The highest BCUT2D eigenvalue weighted by Crippen LogP contribution is 2.33. The van der Waals surface area contributed by atoms with Crippen LogP contribution in [0.15, 0.2) is 76.2 Å². The van der Waals surface area contributed by atoms with Gasteiger partial charge < -0.3 is 10.6 Å². The van der Waals surface area contributed by atoms with Crippen LogP contribution in [0, 0.1) is 25.2 Å². The van der Waals surface area contributed by atoms with Gasteiger partial charge in [0, 0.05) is 20.9 Å². The summed E-state index contributed by atoms with van der Waals surface area (Å²) in [7, 11) is 0. The highest BCUT2D eigenvalue weighted by molar-refractivity contribution is 7.99. The molecule has 1 amide bonds. The second kappa shape index (κ2) is 9.22. The summed E-state index contributed by atoms with van der Waals surface area (Å²) in [6.45, 7) is 3.89. The van der Waals surface area contributed by atoms with E-state index in [1.807, 2.05) is 74.5 Å². The molecule has 2 aromatic carbocycles. The Labute approximate surface area is 172 Å². The molecule has 0 saturated heterocycles. The Morgan fingerprint density at radius 1 is 1.14 bits per heavy atom.